The van der Waals surface area contributed by atoms with E-state index < -0.39 is 11.7 Å². The van der Waals surface area contributed by atoms with Crippen molar-refractivity contribution >= 4 is 0 Å². The van der Waals surface area contributed by atoms with Gasteiger partial charge >= 0.3 is 6.18 Å². The maximum atomic E-state index is 12.4. The van der Waals surface area contributed by atoms with E-state index in [0.29, 0.717) is 12.8 Å². The van der Waals surface area contributed by atoms with Crippen LogP contribution in [-0.2, 0) is 12.6 Å². The lowest BCUT2D eigenvalue weighted by atomic mass is 10.0. The molecule has 0 amide bonds. The van der Waals surface area contributed by atoms with Gasteiger partial charge in [0.15, 0.2) is 0 Å². The second-order valence-corrected chi connectivity index (χ2v) is 3.80. The van der Waals surface area contributed by atoms with E-state index >= 15 is 0 Å². The van der Waals surface area contributed by atoms with E-state index in [0.717, 1.165) is 30.9 Å². The summed E-state index contributed by atoms with van der Waals surface area (Å²) in [6, 6.07) is 5.52. The molecule has 3 heteroatoms. The number of hydrogen-bond donors (Lipinski definition) is 0. The molecule has 1 aromatic carbocycles. The normalized spacial score (nSPS) is 11.8. The first kappa shape index (κ1) is 13.1. The number of alkyl halides is 3. The van der Waals surface area contributed by atoms with Crippen molar-refractivity contribution in [1.82, 2.24) is 0 Å². The molecular weight excluding hydrogens is 213 g/mol. The summed E-state index contributed by atoms with van der Waals surface area (Å²) < 4.78 is 37.2. The van der Waals surface area contributed by atoms with Gasteiger partial charge in [0, 0.05) is 0 Å². The largest absolute Gasteiger partial charge is 0.416 e. The molecule has 0 unspecified atom stereocenters. The Morgan fingerprint density at radius 2 is 1.81 bits per heavy atom. The first-order valence-electron chi connectivity index (χ1n) is 5.40. The van der Waals surface area contributed by atoms with Crippen molar-refractivity contribution in [2.24, 2.45) is 0 Å². The SMILES string of the molecule is [CH]CCCCCc1cccc(C(F)(F)F)c1. The highest BCUT2D eigenvalue weighted by Crippen LogP contribution is 2.29. The highest BCUT2D eigenvalue weighted by Gasteiger charge is 2.30. The molecule has 0 aliphatic rings. The molecule has 0 bridgehead atoms. The maximum absolute atomic E-state index is 12.4. The van der Waals surface area contributed by atoms with E-state index in [9.17, 15) is 13.2 Å². The van der Waals surface area contributed by atoms with E-state index in [-0.39, 0.29) is 0 Å². The van der Waals surface area contributed by atoms with Crippen LogP contribution >= 0.6 is 0 Å². The summed E-state index contributed by atoms with van der Waals surface area (Å²) in [5.41, 5.74) is 0.177. The number of halogens is 3. The van der Waals surface area contributed by atoms with E-state index in [1.165, 1.54) is 12.1 Å². The first-order valence-corrected chi connectivity index (χ1v) is 5.40. The van der Waals surface area contributed by atoms with Gasteiger partial charge in [-0.05, 0) is 37.8 Å². The van der Waals surface area contributed by atoms with Crippen LogP contribution in [0.5, 0.6) is 0 Å². The molecular formula is C13H15F3. The van der Waals surface area contributed by atoms with Crippen LogP contribution in [0.4, 0.5) is 13.2 Å². The van der Waals surface area contributed by atoms with Gasteiger partial charge in [0.05, 0.1) is 5.56 Å². The topological polar surface area (TPSA) is 0 Å². The molecule has 0 aromatic heterocycles. The minimum atomic E-state index is -4.24. The fraction of sp³-hybridized carbons (Fsp3) is 0.462. The van der Waals surface area contributed by atoms with Gasteiger partial charge in [-0.25, -0.2) is 0 Å². The Labute approximate surface area is 94.5 Å². The molecule has 1 rings (SSSR count). The molecule has 88 valence electrons. The molecule has 0 nitrogen and oxygen atoms in total. The molecule has 0 aliphatic heterocycles. The molecule has 0 N–H and O–H groups in total. The predicted molar refractivity (Wildman–Crippen MR) is 57.9 cm³/mol. The lowest BCUT2D eigenvalue weighted by Crippen LogP contribution is -2.05. The van der Waals surface area contributed by atoms with Gasteiger partial charge in [-0.2, -0.15) is 13.2 Å². The Balaban J connectivity index is 2.54. The number of rotatable bonds is 5. The molecule has 0 fully saturated rings. The van der Waals surface area contributed by atoms with Gasteiger partial charge < -0.3 is 0 Å². The van der Waals surface area contributed by atoms with Crippen molar-refractivity contribution in [3.63, 3.8) is 0 Å². The Morgan fingerprint density at radius 1 is 1.06 bits per heavy atom. The second kappa shape index (κ2) is 5.92. The Kier molecular flexibility index (Phi) is 4.84. The number of benzene rings is 1. The quantitative estimate of drug-likeness (QED) is 0.650. The van der Waals surface area contributed by atoms with Crippen LogP contribution in [0.2, 0.25) is 0 Å². The molecule has 0 atom stereocenters. The van der Waals surface area contributed by atoms with Crippen LogP contribution in [0.1, 0.15) is 36.8 Å². The molecule has 0 saturated heterocycles. The third-order valence-corrected chi connectivity index (χ3v) is 2.42. The van der Waals surface area contributed by atoms with Crippen molar-refractivity contribution in [3.8, 4) is 0 Å². The zero-order valence-corrected chi connectivity index (χ0v) is 9.06. The standard InChI is InChI=1S/C13H15F3/c1-2-3-4-5-7-11-8-6-9-12(10-11)13(14,15)16/h1,6,8-10H,2-5,7H2. The van der Waals surface area contributed by atoms with E-state index in [1.807, 2.05) is 0 Å². The highest BCUT2D eigenvalue weighted by molar-refractivity contribution is 5.25. The van der Waals surface area contributed by atoms with Gasteiger partial charge in [-0.1, -0.05) is 31.0 Å². The van der Waals surface area contributed by atoms with Crippen molar-refractivity contribution in [2.75, 3.05) is 0 Å². The summed E-state index contributed by atoms with van der Waals surface area (Å²) in [6.07, 6.45) is -0.135. The predicted octanol–water partition coefficient (Wildman–Crippen LogP) is 4.52. The van der Waals surface area contributed by atoms with Gasteiger partial charge in [0.2, 0.25) is 0 Å². The third kappa shape index (κ3) is 4.25. The summed E-state index contributed by atoms with van der Waals surface area (Å²) in [6.45, 7) is 5.34. The van der Waals surface area contributed by atoms with Crippen LogP contribution in [-0.4, -0.2) is 0 Å². The van der Waals surface area contributed by atoms with E-state index in [1.54, 1.807) is 6.07 Å². The van der Waals surface area contributed by atoms with E-state index in [2.05, 4.69) is 0 Å². The van der Waals surface area contributed by atoms with E-state index in [4.69, 9.17) is 6.92 Å². The van der Waals surface area contributed by atoms with Crippen molar-refractivity contribution in [1.29, 1.82) is 0 Å². The van der Waals surface area contributed by atoms with Crippen molar-refractivity contribution in [3.05, 3.63) is 42.3 Å². The molecule has 16 heavy (non-hydrogen) atoms. The maximum Gasteiger partial charge on any atom is 0.416 e. The first-order chi connectivity index (χ1) is 7.54. The summed E-state index contributed by atoms with van der Waals surface area (Å²) >= 11 is 0. The monoisotopic (exact) mass is 228 g/mol. The molecule has 0 spiro atoms. The highest BCUT2D eigenvalue weighted by atomic mass is 19.4. The molecule has 0 aliphatic carbocycles. The fourth-order valence-corrected chi connectivity index (χ4v) is 1.55. The molecule has 0 saturated carbocycles. The average Bonchev–Trinajstić information content (AvgIpc) is 2.24. The Morgan fingerprint density at radius 3 is 2.44 bits per heavy atom. The van der Waals surface area contributed by atoms with Gasteiger partial charge in [-0.3, -0.25) is 0 Å². The zero-order valence-electron chi connectivity index (χ0n) is 9.06. The summed E-state index contributed by atoms with van der Waals surface area (Å²) in [7, 11) is 0. The van der Waals surface area contributed by atoms with Gasteiger partial charge in [0.25, 0.3) is 0 Å². The van der Waals surface area contributed by atoms with Crippen LogP contribution in [0, 0.1) is 6.92 Å². The lowest BCUT2D eigenvalue weighted by Gasteiger charge is -2.08. The summed E-state index contributed by atoms with van der Waals surface area (Å²) in [4.78, 5) is 0. The second-order valence-electron chi connectivity index (χ2n) is 3.80. The lowest BCUT2D eigenvalue weighted by molar-refractivity contribution is -0.137. The van der Waals surface area contributed by atoms with Crippen molar-refractivity contribution < 1.29 is 13.2 Å². The smallest absolute Gasteiger partial charge is 0.166 e. The Bertz CT molecular complexity index is 315. The molecule has 1 aromatic rings. The van der Waals surface area contributed by atoms with Crippen LogP contribution in [0.3, 0.4) is 0 Å². The van der Waals surface area contributed by atoms with Crippen LogP contribution in [0.25, 0.3) is 0 Å². The molecule has 2 radical (unpaired) electrons. The fourth-order valence-electron chi connectivity index (χ4n) is 1.55. The summed E-state index contributed by atoms with van der Waals surface area (Å²) in [5, 5.41) is 0. The summed E-state index contributed by atoms with van der Waals surface area (Å²) in [5.74, 6) is 0. The van der Waals surface area contributed by atoms with Gasteiger partial charge in [0.1, 0.15) is 0 Å². The molecule has 0 heterocycles. The Hall–Kier alpha value is -0.990. The number of aryl methyl sites for hydroxylation is 1. The van der Waals surface area contributed by atoms with Crippen molar-refractivity contribution in [2.45, 2.75) is 38.3 Å². The number of unbranched alkanes of at least 4 members (excludes halogenated alkanes) is 3. The zero-order chi connectivity index (χ0) is 12.0. The van der Waals surface area contributed by atoms with Crippen LogP contribution in [0.15, 0.2) is 24.3 Å². The van der Waals surface area contributed by atoms with Crippen LogP contribution < -0.4 is 0 Å². The minimum Gasteiger partial charge on any atom is -0.166 e. The third-order valence-electron chi connectivity index (χ3n) is 2.42. The van der Waals surface area contributed by atoms with Gasteiger partial charge in [-0.15, -0.1) is 0 Å². The average molecular weight is 228 g/mol. The number of hydrogen-bond acceptors (Lipinski definition) is 0. The minimum absolute atomic E-state index is 0.566.